The molecular formula is C31H28Cl2N4O5S. The van der Waals surface area contributed by atoms with Crippen molar-refractivity contribution in [3.05, 3.63) is 118 Å². The van der Waals surface area contributed by atoms with Crippen molar-refractivity contribution in [2.75, 3.05) is 22.8 Å². The molecule has 0 spiro atoms. The first kappa shape index (κ1) is 31.6. The average molecular weight is 640 g/mol. The van der Waals surface area contributed by atoms with Crippen molar-refractivity contribution in [1.82, 2.24) is 5.43 Å². The summed E-state index contributed by atoms with van der Waals surface area (Å²) in [5, 5.41) is 7.56. The van der Waals surface area contributed by atoms with Crippen LogP contribution in [0.4, 0.5) is 11.4 Å². The summed E-state index contributed by atoms with van der Waals surface area (Å²) in [6.45, 7) is 3.07. The van der Waals surface area contributed by atoms with Gasteiger partial charge in [0.05, 0.1) is 16.8 Å². The second kappa shape index (κ2) is 14.2. The molecule has 0 fully saturated rings. The second-order valence-corrected chi connectivity index (χ2v) is 12.2. The smallest absolute Gasteiger partial charge is 0.264 e. The molecule has 4 aromatic rings. The fourth-order valence-corrected chi connectivity index (χ4v) is 5.57. The predicted molar refractivity (Wildman–Crippen MR) is 170 cm³/mol. The quantitative estimate of drug-likeness (QED) is 0.155. The number of aryl methyl sites for hydroxylation is 2. The number of hydrazone groups is 1. The molecule has 0 aliphatic rings. The number of anilines is 2. The highest BCUT2D eigenvalue weighted by molar-refractivity contribution is 7.92. The number of sulfonamides is 1. The molecule has 12 heteroatoms. The van der Waals surface area contributed by atoms with Gasteiger partial charge in [-0.2, -0.15) is 5.10 Å². The fourth-order valence-electron chi connectivity index (χ4n) is 3.84. The van der Waals surface area contributed by atoms with Crippen LogP contribution in [0.5, 0.6) is 5.75 Å². The molecule has 0 saturated carbocycles. The highest BCUT2D eigenvalue weighted by atomic mass is 35.5. The molecular weight excluding hydrogens is 611 g/mol. The van der Waals surface area contributed by atoms with Gasteiger partial charge in [0.1, 0.15) is 12.3 Å². The van der Waals surface area contributed by atoms with Crippen LogP contribution in [-0.2, 0) is 19.6 Å². The molecule has 0 aliphatic heterocycles. The molecule has 2 amide bonds. The molecule has 0 aromatic heterocycles. The lowest BCUT2D eigenvalue weighted by Gasteiger charge is -2.24. The Bertz CT molecular complexity index is 1750. The first-order valence-corrected chi connectivity index (χ1v) is 15.2. The summed E-state index contributed by atoms with van der Waals surface area (Å²) in [5.41, 5.74) is 5.78. The SMILES string of the molecule is Cc1ccc(N(CC(=O)N/N=C\c2ccc(OCC(=O)Nc3cccc(Cl)c3)cc2)S(=O)(=O)c2ccc(Cl)cc2)cc1C. The van der Waals surface area contributed by atoms with Gasteiger partial charge in [-0.1, -0.05) is 35.3 Å². The largest absolute Gasteiger partial charge is 0.484 e. The Morgan fingerprint density at radius 2 is 1.58 bits per heavy atom. The maximum absolute atomic E-state index is 13.5. The minimum absolute atomic E-state index is 0.00400. The number of carbonyl (C=O) groups excluding carboxylic acids is 2. The van der Waals surface area contributed by atoms with Crippen LogP contribution in [0.25, 0.3) is 0 Å². The van der Waals surface area contributed by atoms with Crippen LogP contribution in [0, 0.1) is 13.8 Å². The molecule has 0 saturated heterocycles. The number of halogens is 2. The van der Waals surface area contributed by atoms with Crippen molar-refractivity contribution in [3.63, 3.8) is 0 Å². The summed E-state index contributed by atoms with van der Waals surface area (Å²) < 4.78 is 33.6. The van der Waals surface area contributed by atoms with E-state index in [0.29, 0.717) is 32.7 Å². The minimum Gasteiger partial charge on any atom is -0.484 e. The predicted octanol–water partition coefficient (Wildman–Crippen LogP) is 5.97. The first-order valence-electron chi connectivity index (χ1n) is 13.0. The standard InChI is InChI=1S/C31H28Cl2N4O5S/c1-21-6-11-27(16-22(21)2)37(43(40,41)29-14-9-24(32)10-15-29)19-30(38)36-34-18-23-7-12-28(13-8-23)42-20-31(39)35-26-5-3-4-25(33)17-26/h3-18H,19-20H2,1-2H3,(H,35,39)(H,36,38)/b34-18-. The van der Waals surface area contributed by atoms with Crippen molar-refractivity contribution < 1.29 is 22.7 Å². The van der Waals surface area contributed by atoms with Gasteiger partial charge < -0.3 is 10.1 Å². The molecule has 43 heavy (non-hydrogen) atoms. The molecule has 9 nitrogen and oxygen atoms in total. The molecule has 0 radical (unpaired) electrons. The number of amides is 2. The third-order valence-electron chi connectivity index (χ3n) is 6.23. The van der Waals surface area contributed by atoms with Crippen molar-refractivity contribution in [2.45, 2.75) is 18.7 Å². The van der Waals surface area contributed by atoms with Crippen molar-refractivity contribution in [1.29, 1.82) is 0 Å². The number of carbonyl (C=O) groups is 2. The van der Waals surface area contributed by atoms with Gasteiger partial charge in [-0.15, -0.1) is 0 Å². The Hall–Kier alpha value is -4.38. The number of hydrogen-bond donors (Lipinski definition) is 2. The number of rotatable bonds is 11. The van der Waals surface area contributed by atoms with E-state index >= 15 is 0 Å². The molecule has 4 aromatic carbocycles. The molecule has 222 valence electrons. The summed E-state index contributed by atoms with van der Waals surface area (Å²) in [6, 6.07) is 24.3. The second-order valence-electron chi connectivity index (χ2n) is 9.44. The van der Waals surface area contributed by atoms with Gasteiger partial charge in [-0.25, -0.2) is 13.8 Å². The zero-order valence-electron chi connectivity index (χ0n) is 23.3. The van der Waals surface area contributed by atoms with E-state index in [1.807, 2.05) is 13.8 Å². The van der Waals surface area contributed by atoms with Crippen LogP contribution < -0.4 is 19.8 Å². The Kier molecular flexibility index (Phi) is 10.4. The summed E-state index contributed by atoms with van der Waals surface area (Å²) in [6.07, 6.45) is 1.40. The fraction of sp³-hybridized carbons (Fsp3) is 0.129. The maximum atomic E-state index is 13.5. The van der Waals surface area contributed by atoms with Crippen LogP contribution in [0.1, 0.15) is 16.7 Å². The normalized spacial score (nSPS) is 11.3. The van der Waals surface area contributed by atoms with E-state index in [4.69, 9.17) is 27.9 Å². The molecule has 0 bridgehead atoms. The van der Waals surface area contributed by atoms with Crippen molar-refractivity contribution in [3.8, 4) is 5.75 Å². The van der Waals surface area contributed by atoms with E-state index in [1.165, 1.54) is 30.5 Å². The van der Waals surface area contributed by atoms with Gasteiger partial charge in [0.25, 0.3) is 21.8 Å². The van der Waals surface area contributed by atoms with E-state index in [-0.39, 0.29) is 17.4 Å². The topological polar surface area (TPSA) is 117 Å². The maximum Gasteiger partial charge on any atom is 0.264 e. The van der Waals surface area contributed by atoms with Gasteiger partial charge in [0.2, 0.25) is 0 Å². The molecule has 4 rings (SSSR count). The Morgan fingerprint density at radius 3 is 2.26 bits per heavy atom. The number of hydrogen-bond acceptors (Lipinski definition) is 6. The molecule has 0 aliphatic carbocycles. The van der Waals surface area contributed by atoms with E-state index in [2.05, 4.69) is 15.8 Å². The van der Waals surface area contributed by atoms with Gasteiger partial charge in [-0.05, 0) is 109 Å². The van der Waals surface area contributed by atoms with E-state index in [1.54, 1.807) is 66.7 Å². The van der Waals surface area contributed by atoms with Crippen molar-refractivity contribution >= 4 is 62.6 Å². The number of ether oxygens (including phenoxy) is 1. The lowest BCUT2D eigenvalue weighted by Crippen LogP contribution is -2.39. The Balaban J connectivity index is 1.37. The molecule has 0 unspecified atom stereocenters. The number of benzene rings is 4. The summed E-state index contributed by atoms with van der Waals surface area (Å²) in [5.74, 6) is -0.528. The number of nitrogens with one attached hydrogen (secondary N) is 2. The molecule has 0 atom stereocenters. The average Bonchev–Trinajstić information content (AvgIpc) is 2.97. The lowest BCUT2D eigenvalue weighted by atomic mass is 10.1. The van der Waals surface area contributed by atoms with Crippen LogP contribution in [-0.4, -0.2) is 39.6 Å². The Labute approximate surface area is 260 Å². The highest BCUT2D eigenvalue weighted by Crippen LogP contribution is 2.26. The number of nitrogens with zero attached hydrogens (tertiary/aromatic N) is 2. The minimum atomic E-state index is -4.10. The van der Waals surface area contributed by atoms with Gasteiger partial charge in [0.15, 0.2) is 6.61 Å². The molecule has 0 heterocycles. The van der Waals surface area contributed by atoms with Gasteiger partial charge >= 0.3 is 0 Å². The van der Waals surface area contributed by atoms with E-state index < -0.39 is 22.5 Å². The Morgan fingerprint density at radius 1 is 0.860 bits per heavy atom. The first-order chi connectivity index (χ1) is 20.5. The zero-order chi connectivity index (χ0) is 31.0. The van der Waals surface area contributed by atoms with E-state index in [0.717, 1.165) is 15.4 Å². The van der Waals surface area contributed by atoms with Crippen LogP contribution in [0.15, 0.2) is 101 Å². The van der Waals surface area contributed by atoms with Gasteiger partial charge in [-0.3, -0.25) is 13.9 Å². The summed E-state index contributed by atoms with van der Waals surface area (Å²) >= 11 is 11.9. The van der Waals surface area contributed by atoms with E-state index in [9.17, 15) is 18.0 Å². The van der Waals surface area contributed by atoms with Crippen LogP contribution in [0.3, 0.4) is 0 Å². The highest BCUT2D eigenvalue weighted by Gasteiger charge is 2.27. The summed E-state index contributed by atoms with van der Waals surface area (Å²) in [7, 11) is -4.10. The lowest BCUT2D eigenvalue weighted by molar-refractivity contribution is -0.119. The van der Waals surface area contributed by atoms with Crippen LogP contribution in [0.2, 0.25) is 10.0 Å². The third-order valence-corrected chi connectivity index (χ3v) is 8.50. The molecule has 2 N–H and O–H groups in total. The third kappa shape index (κ3) is 8.81. The van der Waals surface area contributed by atoms with Gasteiger partial charge in [0, 0.05) is 15.7 Å². The summed E-state index contributed by atoms with van der Waals surface area (Å²) in [4.78, 5) is 25.0. The zero-order valence-corrected chi connectivity index (χ0v) is 25.6. The van der Waals surface area contributed by atoms with Crippen LogP contribution >= 0.6 is 23.2 Å². The van der Waals surface area contributed by atoms with Crippen molar-refractivity contribution in [2.24, 2.45) is 5.10 Å². The monoisotopic (exact) mass is 638 g/mol.